The number of hydrogen-bond donors (Lipinski definition) is 2. The van der Waals surface area contributed by atoms with E-state index in [2.05, 4.69) is 11.3 Å². The molecule has 38 heavy (non-hydrogen) atoms. The van der Waals surface area contributed by atoms with Crippen molar-refractivity contribution in [3.63, 3.8) is 0 Å². The van der Waals surface area contributed by atoms with E-state index in [9.17, 15) is 57.5 Å². The first-order valence-electron chi connectivity index (χ1n) is 10.1. The van der Waals surface area contributed by atoms with E-state index < -0.39 is 83.5 Å². The van der Waals surface area contributed by atoms with E-state index in [1.165, 1.54) is 5.32 Å². The predicted octanol–water partition coefficient (Wildman–Crippen LogP) is 6.90. The number of carbonyl (C=O) groups is 1. The fourth-order valence-electron chi connectivity index (χ4n) is 3.31. The van der Waals surface area contributed by atoms with Gasteiger partial charge < -0.3 is 15.4 Å². The first-order valence-corrected chi connectivity index (χ1v) is 10.1. The minimum Gasteiger partial charge on any atom is -0.428 e. The highest BCUT2D eigenvalue weighted by molar-refractivity contribution is 5.76. The third-order valence-electron chi connectivity index (χ3n) is 4.86. The first kappa shape index (κ1) is 30.6. The Hall–Kier alpha value is -3.59. The molecular formula is C22H16F12N2O2. The highest BCUT2D eigenvalue weighted by atomic mass is 19.4. The van der Waals surface area contributed by atoms with Gasteiger partial charge in [-0.3, -0.25) is 0 Å². The van der Waals surface area contributed by atoms with Crippen LogP contribution in [-0.4, -0.2) is 31.3 Å². The van der Waals surface area contributed by atoms with Crippen LogP contribution in [0, 0.1) is 11.6 Å². The standard InChI is InChI=1S/C22H16F12N2O2/c1-2-5-19(36-18(37)35-10-20(27,28)29,11-3-4-16(24)15(8-11)21(30,31)32)12-6-13(23)9-14(7-12)38-22(33,34)17(25)26/h2-4,6-9,17H,1,5,10H2,(H2,35,36,37). The van der Waals surface area contributed by atoms with Crippen molar-refractivity contribution in [1.29, 1.82) is 0 Å². The number of alkyl halides is 10. The summed E-state index contributed by atoms with van der Waals surface area (Å²) < 4.78 is 162. The van der Waals surface area contributed by atoms with Crippen LogP contribution in [0.4, 0.5) is 57.5 Å². The Balaban J connectivity index is 2.80. The first-order chi connectivity index (χ1) is 17.3. The van der Waals surface area contributed by atoms with E-state index >= 15 is 0 Å². The smallest absolute Gasteiger partial charge is 0.428 e. The summed E-state index contributed by atoms with van der Waals surface area (Å²) in [4.78, 5) is 12.4. The minimum absolute atomic E-state index is 0.141. The van der Waals surface area contributed by atoms with Crippen LogP contribution in [0.15, 0.2) is 49.1 Å². The number of hydrogen-bond acceptors (Lipinski definition) is 2. The molecule has 2 aromatic rings. The highest BCUT2D eigenvalue weighted by Crippen LogP contribution is 2.40. The number of amides is 2. The Bertz CT molecular complexity index is 1160. The summed E-state index contributed by atoms with van der Waals surface area (Å²) in [5, 5.41) is 3.27. The van der Waals surface area contributed by atoms with Crippen molar-refractivity contribution >= 4 is 6.03 Å². The molecule has 0 radical (unpaired) electrons. The maximum absolute atomic E-state index is 14.4. The fourth-order valence-corrected chi connectivity index (χ4v) is 3.31. The van der Waals surface area contributed by atoms with E-state index in [1.54, 1.807) is 0 Å². The van der Waals surface area contributed by atoms with Gasteiger partial charge >= 0.3 is 30.9 Å². The maximum Gasteiger partial charge on any atom is 0.461 e. The number of halogens is 12. The van der Waals surface area contributed by atoms with Gasteiger partial charge in [0.15, 0.2) is 0 Å². The monoisotopic (exact) mass is 568 g/mol. The van der Waals surface area contributed by atoms with Gasteiger partial charge in [-0.1, -0.05) is 12.1 Å². The quantitative estimate of drug-likeness (QED) is 0.256. The summed E-state index contributed by atoms with van der Waals surface area (Å²) in [6, 6.07) is 0.480. The molecule has 1 atom stereocenters. The Morgan fingerprint density at radius 2 is 1.58 bits per heavy atom. The van der Waals surface area contributed by atoms with Gasteiger partial charge in [0.05, 0.1) is 11.1 Å². The van der Waals surface area contributed by atoms with E-state index in [1.807, 2.05) is 5.32 Å². The molecule has 0 aliphatic heterocycles. The predicted molar refractivity (Wildman–Crippen MR) is 108 cm³/mol. The minimum atomic E-state index is -5.33. The summed E-state index contributed by atoms with van der Waals surface area (Å²) in [5.74, 6) is -4.56. The van der Waals surface area contributed by atoms with Gasteiger partial charge in [-0.25, -0.2) is 13.6 Å². The summed E-state index contributed by atoms with van der Waals surface area (Å²) in [7, 11) is 0. The SMILES string of the molecule is C=CCC(NC(=O)NCC(F)(F)F)(c1cc(F)cc(OC(F)(F)C(F)F)c1)c1ccc(F)c(C(F)(F)F)c1. The molecule has 2 aromatic carbocycles. The number of ether oxygens (including phenoxy) is 1. The zero-order valence-corrected chi connectivity index (χ0v) is 18.6. The molecule has 0 spiro atoms. The van der Waals surface area contributed by atoms with Gasteiger partial charge in [-0.15, -0.1) is 6.58 Å². The van der Waals surface area contributed by atoms with Crippen LogP contribution in [0.3, 0.4) is 0 Å². The third kappa shape index (κ3) is 7.47. The zero-order chi connectivity index (χ0) is 29.1. The number of rotatable bonds is 9. The molecule has 16 heteroatoms. The molecule has 2 rings (SSSR count). The molecule has 0 bridgehead atoms. The summed E-state index contributed by atoms with van der Waals surface area (Å²) in [6.07, 6.45) is -19.7. The van der Waals surface area contributed by atoms with Crippen molar-refractivity contribution in [3.05, 3.63) is 77.4 Å². The molecule has 2 N–H and O–H groups in total. The molecule has 2 amide bonds. The van der Waals surface area contributed by atoms with Crippen molar-refractivity contribution in [2.45, 2.75) is 36.8 Å². The Morgan fingerprint density at radius 1 is 0.947 bits per heavy atom. The van der Waals surface area contributed by atoms with Crippen molar-refractivity contribution < 1.29 is 62.2 Å². The van der Waals surface area contributed by atoms with E-state index in [0.717, 1.165) is 6.08 Å². The molecule has 0 saturated heterocycles. The Labute approximate surface area is 206 Å². The Kier molecular flexibility index (Phi) is 8.89. The molecule has 0 aliphatic carbocycles. The van der Waals surface area contributed by atoms with Crippen LogP contribution in [-0.2, 0) is 11.7 Å². The third-order valence-corrected chi connectivity index (χ3v) is 4.86. The molecule has 4 nitrogen and oxygen atoms in total. The summed E-state index contributed by atoms with van der Waals surface area (Å²) >= 11 is 0. The van der Waals surface area contributed by atoms with Gasteiger partial charge in [-0.05, 0) is 41.8 Å². The second-order valence-corrected chi connectivity index (χ2v) is 7.65. The summed E-state index contributed by atoms with van der Waals surface area (Å²) in [6.45, 7) is 1.38. The van der Waals surface area contributed by atoms with E-state index in [-0.39, 0.29) is 18.2 Å². The second kappa shape index (κ2) is 11.0. The van der Waals surface area contributed by atoms with Crippen LogP contribution in [0.1, 0.15) is 23.1 Å². The molecule has 0 aromatic heterocycles. The lowest BCUT2D eigenvalue weighted by Crippen LogP contribution is -2.52. The second-order valence-electron chi connectivity index (χ2n) is 7.65. The topological polar surface area (TPSA) is 50.4 Å². The highest BCUT2D eigenvalue weighted by Gasteiger charge is 2.45. The molecule has 0 aliphatic rings. The van der Waals surface area contributed by atoms with Crippen LogP contribution in [0.5, 0.6) is 5.75 Å². The van der Waals surface area contributed by atoms with Crippen LogP contribution in [0.25, 0.3) is 0 Å². The van der Waals surface area contributed by atoms with Gasteiger partial charge in [0.2, 0.25) is 0 Å². The normalized spacial score (nSPS) is 14.1. The fraction of sp³-hybridized carbons (Fsp3) is 0.318. The molecule has 0 heterocycles. The Morgan fingerprint density at radius 3 is 2.11 bits per heavy atom. The number of carbonyl (C=O) groups excluding carboxylic acids is 1. The molecule has 0 fully saturated rings. The van der Waals surface area contributed by atoms with Gasteiger partial charge in [0, 0.05) is 6.07 Å². The average molecular weight is 568 g/mol. The number of nitrogens with one attached hydrogen (secondary N) is 2. The molecular weight excluding hydrogens is 552 g/mol. The lowest BCUT2D eigenvalue weighted by molar-refractivity contribution is -0.253. The van der Waals surface area contributed by atoms with Gasteiger partial charge in [-0.2, -0.15) is 43.9 Å². The van der Waals surface area contributed by atoms with Crippen molar-refractivity contribution in [2.75, 3.05) is 6.54 Å². The lowest BCUT2D eigenvalue weighted by Gasteiger charge is -2.36. The van der Waals surface area contributed by atoms with E-state index in [4.69, 9.17) is 0 Å². The lowest BCUT2D eigenvalue weighted by atomic mass is 9.79. The molecule has 0 saturated carbocycles. The van der Waals surface area contributed by atoms with E-state index in [0.29, 0.717) is 18.2 Å². The summed E-state index contributed by atoms with van der Waals surface area (Å²) in [5.41, 5.74) is -5.91. The number of benzene rings is 2. The molecule has 210 valence electrons. The molecule has 1 unspecified atom stereocenters. The van der Waals surface area contributed by atoms with Gasteiger partial charge in [0.1, 0.15) is 23.9 Å². The average Bonchev–Trinajstić information content (AvgIpc) is 2.75. The maximum atomic E-state index is 14.4. The largest absolute Gasteiger partial charge is 0.461 e. The number of urea groups is 1. The van der Waals surface area contributed by atoms with Crippen LogP contribution >= 0.6 is 0 Å². The zero-order valence-electron chi connectivity index (χ0n) is 18.6. The van der Waals surface area contributed by atoms with Crippen molar-refractivity contribution in [2.24, 2.45) is 0 Å². The van der Waals surface area contributed by atoms with Crippen LogP contribution < -0.4 is 15.4 Å². The van der Waals surface area contributed by atoms with Crippen molar-refractivity contribution in [1.82, 2.24) is 10.6 Å². The van der Waals surface area contributed by atoms with Crippen molar-refractivity contribution in [3.8, 4) is 5.75 Å². The van der Waals surface area contributed by atoms with Crippen LogP contribution in [0.2, 0.25) is 0 Å². The van der Waals surface area contributed by atoms with Gasteiger partial charge in [0.25, 0.3) is 0 Å².